The van der Waals surface area contributed by atoms with Crippen molar-refractivity contribution < 1.29 is 14.4 Å². The molecule has 1 aromatic rings. The molecule has 1 amide bonds. The van der Waals surface area contributed by atoms with Crippen LogP contribution in [-0.4, -0.2) is 28.4 Å². The highest BCUT2D eigenvalue weighted by Gasteiger charge is 2.32. The first-order valence-electron chi connectivity index (χ1n) is 4.80. The predicted octanol–water partition coefficient (Wildman–Crippen LogP) is 0.960. The highest BCUT2D eigenvalue weighted by atomic mass is 32.1. The van der Waals surface area contributed by atoms with Crippen LogP contribution in [-0.2, 0) is 9.59 Å². The first-order valence-corrected chi connectivity index (χ1v) is 5.57. The number of Topliss-reactive ketones (excluding diaryl/α,β-unsaturated/α-hetero) is 2. The summed E-state index contributed by atoms with van der Waals surface area (Å²) in [4.78, 5) is 35.5. The quantitative estimate of drug-likeness (QED) is 0.568. The Morgan fingerprint density at radius 2 is 2.12 bits per heavy atom. The van der Waals surface area contributed by atoms with Crippen molar-refractivity contribution >= 4 is 34.0 Å². The zero-order valence-corrected chi connectivity index (χ0v) is 9.76. The zero-order valence-electron chi connectivity index (χ0n) is 8.94. The van der Waals surface area contributed by atoms with Gasteiger partial charge in [0.25, 0.3) is 0 Å². The van der Waals surface area contributed by atoms with Crippen LogP contribution in [0.2, 0.25) is 0 Å². The van der Waals surface area contributed by atoms with Crippen molar-refractivity contribution in [3.63, 3.8) is 0 Å². The molecule has 1 aliphatic heterocycles. The van der Waals surface area contributed by atoms with Crippen LogP contribution in [0.4, 0.5) is 5.00 Å². The average Bonchev–Trinajstić information content (AvgIpc) is 2.69. The summed E-state index contributed by atoms with van der Waals surface area (Å²) in [5, 5.41) is 0.501. The van der Waals surface area contributed by atoms with E-state index in [4.69, 9.17) is 0 Å². The summed E-state index contributed by atoms with van der Waals surface area (Å²) >= 11 is 1.09. The van der Waals surface area contributed by atoms with E-state index >= 15 is 0 Å². The average molecular weight is 238 g/mol. The Morgan fingerprint density at radius 1 is 1.44 bits per heavy atom. The second kappa shape index (κ2) is 3.79. The number of amides is 1. The first-order chi connectivity index (χ1) is 7.50. The molecule has 0 bridgehead atoms. The lowest BCUT2D eigenvalue weighted by Crippen LogP contribution is -2.25. The number of aryl methyl sites for hydroxylation is 1. The van der Waals surface area contributed by atoms with E-state index in [1.807, 2.05) is 0 Å². The van der Waals surface area contributed by atoms with Gasteiger partial charge >= 0.3 is 0 Å². The summed E-state index contributed by atoms with van der Waals surface area (Å²) in [5.74, 6) is -0.505. The summed E-state index contributed by atoms with van der Waals surface area (Å²) < 4.78 is 4.06. The van der Waals surface area contributed by atoms with E-state index in [2.05, 4.69) is 4.37 Å². The van der Waals surface area contributed by atoms with E-state index < -0.39 is 0 Å². The Kier molecular flexibility index (Phi) is 2.59. The maximum absolute atomic E-state index is 11.5. The molecule has 2 heterocycles. The van der Waals surface area contributed by atoms with Gasteiger partial charge < -0.3 is 0 Å². The van der Waals surface area contributed by atoms with E-state index in [9.17, 15) is 14.4 Å². The van der Waals surface area contributed by atoms with E-state index in [1.54, 1.807) is 6.92 Å². The van der Waals surface area contributed by atoms with Crippen LogP contribution >= 0.6 is 11.5 Å². The molecule has 16 heavy (non-hydrogen) atoms. The number of rotatable bonds is 2. The molecule has 0 atom stereocenters. The highest BCUT2D eigenvalue weighted by Crippen LogP contribution is 2.31. The molecule has 6 heteroatoms. The van der Waals surface area contributed by atoms with Crippen molar-refractivity contribution in [1.82, 2.24) is 4.37 Å². The van der Waals surface area contributed by atoms with Gasteiger partial charge in [-0.15, -0.1) is 0 Å². The topological polar surface area (TPSA) is 67.3 Å². The third-order valence-corrected chi connectivity index (χ3v) is 3.39. The fourth-order valence-corrected chi connectivity index (χ4v) is 2.68. The third-order valence-electron chi connectivity index (χ3n) is 2.43. The van der Waals surface area contributed by atoms with Gasteiger partial charge in [-0.1, -0.05) is 0 Å². The normalized spacial score (nSPS) is 16.0. The van der Waals surface area contributed by atoms with Gasteiger partial charge in [0, 0.05) is 0 Å². The smallest absolute Gasteiger partial charge is 0.235 e. The Hall–Kier alpha value is -1.56. The first kappa shape index (κ1) is 10.9. The molecule has 0 aromatic carbocycles. The third kappa shape index (κ3) is 1.65. The van der Waals surface area contributed by atoms with Crippen molar-refractivity contribution in [3.8, 4) is 0 Å². The molecule has 84 valence electrons. The zero-order chi connectivity index (χ0) is 11.9. The molecular weight excluding hydrogens is 228 g/mol. The number of carbonyl (C=O) groups excluding carboxylic acids is 3. The molecular formula is C10H10N2O3S. The number of nitrogens with zero attached hydrogens (tertiary/aromatic N) is 2. The molecule has 1 fully saturated rings. The van der Waals surface area contributed by atoms with Gasteiger partial charge in [0.2, 0.25) is 5.91 Å². The Morgan fingerprint density at radius 3 is 2.62 bits per heavy atom. The fraction of sp³-hybridized carbons (Fsp3) is 0.400. The van der Waals surface area contributed by atoms with Crippen molar-refractivity contribution in [1.29, 1.82) is 0 Å². The molecule has 2 rings (SSSR count). The molecule has 0 saturated carbocycles. The molecule has 5 nitrogen and oxygen atoms in total. The Labute approximate surface area is 96.2 Å². The Balaban J connectivity index is 2.45. The molecule has 0 aliphatic carbocycles. The maximum Gasteiger partial charge on any atom is 0.235 e. The largest absolute Gasteiger partial charge is 0.297 e. The van der Waals surface area contributed by atoms with Gasteiger partial charge in [-0.05, 0) is 25.4 Å². The van der Waals surface area contributed by atoms with Gasteiger partial charge in [-0.25, -0.2) is 0 Å². The summed E-state index contributed by atoms with van der Waals surface area (Å²) in [6, 6.07) is 0. The maximum atomic E-state index is 11.5. The van der Waals surface area contributed by atoms with Crippen molar-refractivity contribution in [2.75, 3.05) is 11.4 Å². The molecule has 1 saturated heterocycles. The molecule has 1 aliphatic rings. The van der Waals surface area contributed by atoms with E-state index in [0.29, 0.717) is 16.3 Å². The SMILES string of the molecule is CC(=O)c1c(C)nsc1N1CC(=O)CC1=O. The van der Waals surface area contributed by atoms with Gasteiger partial charge in [0.1, 0.15) is 5.00 Å². The Bertz CT molecular complexity index is 492. The molecule has 0 spiro atoms. The van der Waals surface area contributed by atoms with Gasteiger partial charge in [0.15, 0.2) is 11.6 Å². The van der Waals surface area contributed by atoms with Gasteiger partial charge in [-0.2, -0.15) is 4.37 Å². The van der Waals surface area contributed by atoms with Gasteiger partial charge in [-0.3, -0.25) is 19.3 Å². The standard InChI is InChI=1S/C10H10N2O3S/c1-5-9(6(2)13)10(16-11-5)12-4-7(14)3-8(12)15/h3-4H2,1-2H3. The minimum absolute atomic E-state index is 0.0563. The molecule has 1 aromatic heterocycles. The lowest BCUT2D eigenvalue weighted by molar-refractivity contribution is -0.121. The van der Waals surface area contributed by atoms with Crippen LogP contribution in [0.15, 0.2) is 0 Å². The van der Waals surface area contributed by atoms with Crippen LogP contribution in [0, 0.1) is 6.92 Å². The number of anilines is 1. The van der Waals surface area contributed by atoms with Crippen LogP contribution in [0.3, 0.4) is 0 Å². The van der Waals surface area contributed by atoms with Crippen molar-refractivity contribution in [2.45, 2.75) is 20.3 Å². The summed E-state index contributed by atoms with van der Waals surface area (Å²) in [5.41, 5.74) is 1.06. The predicted molar refractivity (Wildman–Crippen MR) is 58.8 cm³/mol. The summed E-state index contributed by atoms with van der Waals surface area (Å²) in [7, 11) is 0. The fourth-order valence-electron chi connectivity index (χ4n) is 1.72. The second-order valence-electron chi connectivity index (χ2n) is 3.70. The lowest BCUT2D eigenvalue weighted by atomic mass is 10.2. The second-order valence-corrected chi connectivity index (χ2v) is 4.45. The number of hydrogen-bond acceptors (Lipinski definition) is 5. The summed E-state index contributed by atoms with van der Waals surface area (Å²) in [6.45, 7) is 3.21. The monoisotopic (exact) mass is 238 g/mol. The summed E-state index contributed by atoms with van der Waals surface area (Å²) in [6.07, 6.45) is -0.0751. The van der Waals surface area contributed by atoms with E-state index in [1.165, 1.54) is 11.8 Å². The van der Waals surface area contributed by atoms with E-state index in [0.717, 1.165) is 11.5 Å². The van der Waals surface area contributed by atoms with Crippen LogP contribution in [0.5, 0.6) is 0 Å². The molecule has 0 radical (unpaired) electrons. The van der Waals surface area contributed by atoms with Crippen molar-refractivity contribution in [2.24, 2.45) is 0 Å². The van der Waals surface area contributed by atoms with Crippen LogP contribution in [0.25, 0.3) is 0 Å². The number of ketones is 2. The minimum atomic E-state index is -0.254. The van der Waals surface area contributed by atoms with Crippen molar-refractivity contribution in [3.05, 3.63) is 11.3 Å². The number of carbonyl (C=O) groups is 3. The number of hydrogen-bond donors (Lipinski definition) is 0. The van der Waals surface area contributed by atoms with E-state index in [-0.39, 0.29) is 30.4 Å². The molecule has 0 unspecified atom stereocenters. The highest BCUT2D eigenvalue weighted by molar-refractivity contribution is 7.11. The number of aromatic nitrogens is 1. The minimum Gasteiger partial charge on any atom is -0.297 e. The lowest BCUT2D eigenvalue weighted by Gasteiger charge is -2.12. The van der Waals surface area contributed by atoms with Gasteiger partial charge in [0.05, 0.1) is 24.2 Å². The van der Waals surface area contributed by atoms with Crippen LogP contribution < -0.4 is 4.90 Å². The van der Waals surface area contributed by atoms with Crippen LogP contribution in [0.1, 0.15) is 29.4 Å². The molecule has 0 N–H and O–H groups in total.